The summed E-state index contributed by atoms with van der Waals surface area (Å²) < 4.78 is 85.3. The standard InChI is InChI=1S/C29H25F6N3O4/c1-18-4-2-3-5-23(18)38-26(41)37(10-6-19-7-13-42-17-19)25(40)27(38)8-11-36(12-9-27)24(39)20-14-21(28(30,31)32)16-22(15-20)29(33,34)35/h2-5,7,13-17H,6,8-12H2,1H3. The number of carbonyl (C=O) groups excluding carboxylic acids is 3. The number of benzene rings is 2. The molecular formula is C29H25F6N3O4. The average molecular weight is 594 g/mol. The topological polar surface area (TPSA) is 74.1 Å². The molecule has 3 aromatic rings. The lowest BCUT2D eigenvalue weighted by atomic mass is 9.84. The van der Waals surface area contributed by atoms with Gasteiger partial charge in [0.2, 0.25) is 0 Å². The Labute approximate surface area is 236 Å². The molecule has 42 heavy (non-hydrogen) atoms. The van der Waals surface area contributed by atoms with E-state index >= 15 is 0 Å². The third kappa shape index (κ3) is 5.23. The van der Waals surface area contributed by atoms with Gasteiger partial charge >= 0.3 is 18.4 Å². The number of likely N-dealkylation sites (tertiary alicyclic amines) is 1. The van der Waals surface area contributed by atoms with Crippen LogP contribution in [0.4, 0.5) is 36.8 Å². The van der Waals surface area contributed by atoms with Crippen LogP contribution in [0.5, 0.6) is 0 Å². The van der Waals surface area contributed by atoms with Crippen LogP contribution in [0.1, 0.15) is 45.5 Å². The first-order valence-electron chi connectivity index (χ1n) is 13.0. The molecule has 0 N–H and O–H groups in total. The highest BCUT2D eigenvalue weighted by atomic mass is 19.4. The Morgan fingerprint density at radius 2 is 1.55 bits per heavy atom. The molecule has 222 valence electrons. The molecule has 13 heteroatoms. The van der Waals surface area contributed by atoms with Crippen molar-refractivity contribution in [3.05, 3.63) is 88.9 Å². The number of hydrogen-bond donors (Lipinski definition) is 0. The Hall–Kier alpha value is -4.29. The van der Waals surface area contributed by atoms with Gasteiger partial charge < -0.3 is 9.32 Å². The minimum Gasteiger partial charge on any atom is -0.472 e. The van der Waals surface area contributed by atoms with Crippen molar-refractivity contribution >= 4 is 23.5 Å². The Morgan fingerprint density at radius 3 is 2.10 bits per heavy atom. The van der Waals surface area contributed by atoms with Crippen molar-refractivity contribution in [2.75, 3.05) is 24.5 Å². The van der Waals surface area contributed by atoms with Gasteiger partial charge in [0, 0.05) is 30.9 Å². The van der Waals surface area contributed by atoms with Crippen molar-refractivity contribution < 1.29 is 45.1 Å². The van der Waals surface area contributed by atoms with Crippen LogP contribution >= 0.6 is 0 Å². The molecule has 0 aliphatic carbocycles. The minimum atomic E-state index is -5.10. The number of halogens is 6. The maximum Gasteiger partial charge on any atom is 0.416 e. The molecule has 2 saturated heterocycles. The summed E-state index contributed by atoms with van der Waals surface area (Å²) in [7, 11) is 0. The summed E-state index contributed by atoms with van der Waals surface area (Å²) in [6.07, 6.45) is -7.02. The number of carbonyl (C=O) groups is 3. The fourth-order valence-corrected chi connectivity index (χ4v) is 5.54. The van der Waals surface area contributed by atoms with Gasteiger partial charge in [0.15, 0.2) is 0 Å². The number of rotatable bonds is 5. The second-order valence-electron chi connectivity index (χ2n) is 10.4. The van der Waals surface area contributed by atoms with Crippen LogP contribution in [0, 0.1) is 6.92 Å². The van der Waals surface area contributed by atoms with Gasteiger partial charge in [0.25, 0.3) is 11.8 Å². The van der Waals surface area contributed by atoms with Crippen LogP contribution in [-0.2, 0) is 23.6 Å². The van der Waals surface area contributed by atoms with Crippen molar-refractivity contribution in [1.29, 1.82) is 0 Å². The van der Waals surface area contributed by atoms with E-state index in [9.17, 15) is 40.7 Å². The molecule has 0 radical (unpaired) electrons. The normalized spacial score (nSPS) is 17.5. The van der Waals surface area contributed by atoms with E-state index in [4.69, 9.17) is 4.42 Å². The summed E-state index contributed by atoms with van der Waals surface area (Å²) >= 11 is 0. The number of hydrogen-bond acceptors (Lipinski definition) is 4. The van der Waals surface area contributed by atoms with E-state index in [1.165, 1.54) is 17.4 Å². The molecule has 0 bridgehead atoms. The fourth-order valence-electron chi connectivity index (χ4n) is 5.54. The molecule has 2 aliphatic rings. The van der Waals surface area contributed by atoms with Gasteiger partial charge in [-0.25, -0.2) is 4.79 Å². The van der Waals surface area contributed by atoms with Gasteiger partial charge in [0.05, 0.1) is 23.7 Å². The van der Waals surface area contributed by atoms with E-state index in [1.807, 2.05) is 0 Å². The van der Waals surface area contributed by atoms with Gasteiger partial charge in [-0.15, -0.1) is 0 Å². The van der Waals surface area contributed by atoms with E-state index in [2.05, 4.69) is 0 Å². The summed E-state index contributed by atoms with van der Waals surface area (Å²) in [6.45, 7) is 1.49. The Kier molecular flexibility index (Phi) is 7.32. The minimum absolute atomic E-state index is 0.0387. The molecule has 0 saturated carbocycles. The van der Waals surface area contributed by atoms with Crippen LogP contribution in [0.3, 0.4) is 0 Å². The van der Waals surface area contributed by atoms with Crippen molar-refractivity contribution in [1.82, 2.24) is 9.80 Å². The first-order valence-corrected chi connectivity index (χ1v) is 13.0. The molecule has 7 nitrogen and oxygen atoms in total. The molecular weight excluding hydrogens is 568 g/mol. The van der Waals surface area contributed by atoms with E-state index < -0.39 is 52.4 Å². The van der Waals surface area contributed by atoms with Gasteiger partial charge in [0.1, 0.15) is 5.54 Å². The maximum atomic E-state index is 13.9. The van der Waals surface area contributed by atoms with E-state index in [1.54, 1.807) is 37.3 Å². The molecule has 5 rings (SSSR count). The van der Waals surface area contributed by atoms with Crippen LogP contribution in [0.15, 0.2) is 65.5 Å². The van der Waals surface area contributed by atoms with Gasteiger partial charge in [-0.05, 0) is 67.6 Å². The first kappa shape index (κ1) is 29.2. The lowest BCUT2D eigenvalue weighted by Crippen LogP contribution is -2.57. The lowest BCUT2D eigenvalue weighted by molar-refractivity contribution is -0.143. The Balaban J connectivity index is 1.44. The molecule has 0 unspecified atom stereocenters. The zero-order chi connectivity index (χ0) is 30.4. The SMILES string of the molecule is Cc1ccccc1N1C(=O)N(CCc2ccoc2)C(=O)C12CCN(C(=O)c1cc(C(F)(F)F)cc(C(F)(F)F)c1)CC2. The molecule has 4 amide bonds. The highest BCUT2D eigenvalue weighted by Gasteiger charge is 2.59. The summed E-state index contributed by atoms with van der Waals surface area (Å²) in [5.41, 5.74) is -3.35. The molecule has 3 heterocycles. The highest BCUT2D eigenvalue weighted by molar-refractivity contribution is 6.17. The first-order chi connectivity index (χ1) is 19.7. The van der Waals surface area contributed by atoms with Crippen LogP contribution in [0.25, 0.3) is 0 Å². The number of urea groups is 1. The zero-order valence-corrected chi connectivity index (χ0v) is 22.3. The number of furan rings is 1. The quantitative estimate of drug-likeness (QED) is 0.257. The van der Waals surface area contributed by atoms with Crippen molar-refractivity contribution in [3.8, 4) is 0 Å². The van der Waals surface area contributed by atoms with E-state index in [0.29, 0.717) is 24.2 Å². The van der Waals surface area contributed by atoms with Crippen molar-refractivity contribution in [3.63, 3.8) is 0 Å². The molecule has 2 fully saturated rings. The number of alkyl halides is 6. The number of imide groups is 1. The van der Waals surface area contributed by atoms with Gasteiger partial charge in [-0.2, -0.15) is 26.3 Å². The smallest absolute Gasteiger partial charge is 0.416 e. The predicted octanol–water partition coefficient (Wildman–Crippen LogP) is 6.31. The highest BCUT2D eigenvalue weighted by Crippen LogP contribution is 2.42. The zero-order valence-electron chi connectivity index (χ0n) is 22.3. The predicted molar refractivity (Wildman–Crippen MR) is 137 cm³/mol. The molecule has 2 aromatic carbocycles. The third-order valence-corrected chi connectivity index (χ3v) is 7.77. The Bertz CT molecular complexity index is 1480. The summed E-state index contributed by atoms with van der Waals surface area (Å²) in [5.74, 6) is -1.51. The lowest BCUT2D eigenvalue weighted by Gasteiger charge is -2.42. The fraction of sp³-hybridized carbons (Fsp3) is 0.345. The van der Waals surface area contributed by atoms with Crippen LogP contribution in [0.2, 0.25) is 0 Å². The second kappa shape index (κ2) is 10.5. The van der Waals surface area contributed by atoms with Gasteiger partial charge in [-0.1, -0.05) is 18.2 Å². The number of piperidine rings is 1. The molecule has 1 spiro atoms. The number of aryl methyl sites for hydroxylation is 1. The second-order valence-corrected chi connectivity index (χ2v) is 10.4. The summed E-state index contributed by atoms with van der Waals surface area (Å²) in [5, 5.41) is 0. The van der Waals surface area contributed by atoms with Gasteiger partial charge in [-0.3, -0.25) is 19.4 Å². The monoisotopic (exact) mass is 593 g/mol. The maximum absolute atomic E-state index is 13.9. The van der Waals surface area contributed by atoms with E-state index in [0.717, 1.165) is 20.9 Å². The van der Waals surface area contributed by atoms with E-state index in [-0.39, 0.29) is 38.5 Å². The number of nitrogens with zero attached hydrogens (tertiary/aromatic N) is 3. The number of anilines is 1. The molecule has 2 aliphatic heterocycles. The molecule has 0 atom stereocenters. The van der Waals surface area contributed by atoms with Crippen LogP contribution in [-0.4, -0.2) is 52.8 Å². The third-order valence-electron chi connectivity index (χ3n) is 7.77. The largest absolute Gasteiger partial charge is 0.472 e. The Morgan fingerprint density at radius 1 is 0.929 bits per heavy atom. The van der Waals surface area contributed by atoms with Crippen molar-refractivity contribution in [2.45, 2.75) is 44.1 Å². The van der Waals surface area contributed by atoms with Crippen molar-refractivity contribution in [2.24, 2.45) is 0 Å². The number of amides is 4. The average Bonchev–Trinajstić information content (AvgIpc) is 3.52. The summed E-state index contributed by atoms with van der Waals surface area (Å²) in [6, 6.07) is 8.87. The number of para-hydroxylation sites is 1. The molecule has 1 aromatic heterocycles. The van der Waals surface area contributed by atoms with Crippen LogP contribution < -0.4 is 4.90 Å². The summed E-state index contributed by atoms with van der Waals surface area (Å²) in [4.78, 5) is 44.5.